The number of hydrogen-bond donors (Lipinski definition) is 4. The Morgan fingerprint density at radius 1 is 1.19 bits per heavy atom. The molecule has 0 aliphatic heterocycles. The summed E-state index contributed by atoms with van der Waals surface area (Å²) in [6.45, 7) is 1.90. The van der Waals surface area contributed by atoms with Gasteiger partial charge >= 0.3 is 0 Å². The predicted octanol–water partition coefficient (Wildman–Crippen LogP) is 3.14. The van der Waals surface area contributed by atoms with Crippen LogP contribution in [0.4, 0.5) is 16.4 Å². The molecule has 2 aromatic rings. The first-order valence-electron chi connectivity index (χ1n) is 9.14. The highest BCUT2D eigenvalue weighted by molar-refractivity contribution is 7.10. The number of primary amides is 2. The van der Waals surface area contributed by atoms with Crippen molar-refractivity contribution in [1.29, 1.82) is 0 Å². The molecule has 1 atom stereocenters. The second kappa shape index (κ2) is 8.39. The number of aromatic nitrogens is 1. The number of nitrogens with two attached hydrogens (primary N) is 2. The minimum atomic E-state index is -0.524. The Bertz CT molecular complexity index is 829. The van der Waals surface area contributed by atoms with Crippen LogP contribution in [0, 0.1) is 12.8 Å². The van der Waals surface area contributed by atoms with Gasteiger partial charge < -0.3 is 22.1 Å². The lowest BCUT2D eigenvalue weighted by atomic mass is 9.83. The third kappa shape index (κ3) is 4.77. The lowest BCUT2D eigenvalue weighted by molar-refractivity contribution is -0.120. The Morgan fingerprint density at radius 3 is 2.52 bits per heavy atom. The van der Waals surface area contributed by atoms with E-state index in [-0.39, 0.29) is 11.8 Å². The summed E-state index contributed by atoms with van der Waals surface area (Å²) in [7, 11) is 0. The van der Waals surface area contributed by atoms with Crippen molar-refractivity contribution < 1.29 is 9.59 Å². The average molecular weight is 388 g/mol. The molecule has 0 bridgehead atoms. The maximum absolute atomic E-state index is 12.0. The number of nitrogens with zero attached hydrogens (tertiary/aromatic N) is 1. The van der Waals surface area contributed by atoms with Gasteiger partial charge in [0.1, 0.15) is 11.0 Å². The second-order valence-corrected chi connectivity index (χ2v) is 7.81. The first kappa shape index (κ1) is 19.2. The Kier molecular flexibility index (Phi) is 5.95. The SMILES string of the molecule is Cc1cc(Nc2cc(N[C@@H](C(N)=O)C3CCCCC3)ccc2C(N)=O)sn1. The Morgan fingerprint density at radius 2 is 1.93 bits per heavy atom. The molecule has 6 N–H and O–H groups in total. The highest BCUT2D eigenvalue weighted by Gasteiger charge is 2.28. The molecular weight excluding hydrogens is 362 g/mol. The largest absolute Gasteiger partial charge is 0.373 e. The summed E-state index contributed by atoms with van der Waals surface area (Å²) >= 11 is 1.30. The molecule has 144 valence electrons. The van der Waals surface area contributed by atoms with E-state index in [1.807, 2.05) is 13.0 Å². The van der Waals surface area contributed by atoms with Crippen LogP contribution in [0.2, 0.25) is 0 Å². The summed E-state index contributed by atoms with van der Waals surface area (Å²) in [5.41, 5.74) is 13.7. The molecular formula is C19H25N5O2S. The fraction of sp³-hybridized carbons (Fsp3) is 0.421. The smallest absolute Gasteiger partial charge is 0.250 e. The van der Waals surface area contributed by atoms with Gasteiger partial charge in [-0.3, -0.25) is 9.59 Å². The monoisotopic (exact) mass is 387 g/mol. The number of anilines is 3. The molecule has 3 rings (SSSR count). The van der Waals surface area contributed by atoms with Gasteiger partial charge in [0.25, 0.3) is 5.91 Å². The third-order valence-corrected chi connectivity index (χ3v) is 5.72. The van der Waals surface area contributed by atoms with Crippen molar-refractivity contribution in [3.05, 3.63) is 35.5 Å². The molecule has 1 fully saturated rings. The van der Waals surface area contributed by atoms with Gasteiger partial charge in [-0.1, -0.05) is 19.3 Å². The number of aryl methyl sites for hydroxylation is 1. The van der Waals surface area contributed by atoms with Gasteiger partial charge in [0, 0.05) is 5.69 Å². The van der Waals surface area contributed by atoms with Crippen molar-refractivity contribution in [2.75, 3.05) is 10.6 Å². The fourth-order valence-electron chi connectivity index (χ4n) is 3.58. The molecule has 1 heterocycles. The van der Waals surface area contributed by atoms with Crippen LogP contribution in [0.25, 0.3) is 0 Å². The van der Waals surface area contributed by atoms with Gasteiger partial charge in [-0.05, 0) is 61.5 Å². The third-order valence-electron chi connectivity index (χ3n) is 4.92. The fourth-order valence-corrected chi connectivity index (χ4v) is 4.25. The van der Waals surface area contributed by atoms with Crippen LogP contribution < -0.4 is 22.1 Å². The highest BCUT2D eigenvalue weighted by atomic mass is 32.1. The van der Waals surface area contributed by atoms with E-state index in [9.17, 15) is 9.59 Å². The van der Waals surface area contributed by atoms with Crippen molar-refractivity contribution in [1.82, 2.24) is 4.37 Å². The van der Waals surface area contributed by atoms with Gasteiger partial charge in [0.2, 0.25) is 5.91 Å². The van der Waals surface area contributed by atoms with E-state index < -0.39 is 11.9 Å². The molecule has 1 aliphatic carbocycles. The van der Waals surface area contributed by atoms with Crippen LogP contribution >= 0.6 is 11.5 Å². The van der Waals surface area contributed by atoms with Crippen molar-refractivity contribution in [2.45, 2.75) is 45.1 Å². The molecule has 1 aromatic heterocycles. The molecule has 0 unspecified atom stereocenters. The van der Waals surface area contributed by atoms with Gasteiger partial charge in [-0.2, -0.15) is 4.37 Å². The number of nitrogens with one attached hydrogen (secondary N) is 2. The van der Waals surface area contributed by atoms with Crippen molar-refractivity contribution in [3.63, 3.8) is 0 Å². The van der Waals surface area contributed by atoms with E-state index in [4.69, 9.17) is 11.5 Å². The van der Waals surface area contributed by atoms with Crippen LogP contribution in [0.3, 0.4) is 0 Å². The summed E-state index contributed by atoms with van der Waals surface area (Å²) in [5, 5.41) is 7.27. The van der Waals surface area contributed by atoms with Crippen molar-refractivity contribution in [2.24, 2.45) is 17.4 Å². The zero-order chi connectivity index (χ0) is 19.4. The molecule has 0 radical (unpaired) electrons. The topological polar surface area (TPSA) is 123 Å². The molecule has 0 saturated heterocycles. The van der Waals surface area contributed by atoms with Crippen molar-refractivity contribution >= 4 is 39.7 Å². The van der Waals surface area contributed by atoms with Gasteiger partial charge in [0.05, 0.1) is 16.9 Å². The number of amides is 2. The Balaban J connectivity index is 1.85. The van der Waals surface area contributed by atoms with Crippen LogP contribution in [0.5, 0.6) is 0 Å². The van der Waals surface area contributed by atoms with Crippen LogP contribution in [0.1, 0.15) is 48.2 Å². The first-order valence-corrected chi connectivity index (χ1v) is 9.91. The summed E-state index contributed by atoms with van der Waals surface area (Å²) in [6.07, 6.45) is 5.43. The lowest BCUT2D eigenvalue weighted by Crippen LogP contribution is -2.42. The van der Waals surface area contributed by atoms with Crippen LogP contribution in [0.15, 0.2) is 24.3 Å². The van der Waals surface area contributed by atoms with E-state index in [0.717, 1.165) is 42.1 Å². The Labute approximate surface area is 162 Å². The maximum Gasteiger partial charge on any atom is 0.250 e. The van der Waals surface area contributed by atoms with Crippen LogP contribution in [-0.2, 0) is 4.79 Å². The standard InChI is InChI=1S/C19H25N5O2S/c1-11-9-16(27-24-11)23-15-10-13(7-8-14(15)18(20)25)22-17(19(21)26)12-5-3-2-4-6-12/h7-10,12,17,22-23H,2-6H2,1H3,(H2,20,25)(H2,21,26)/t17-/m1/s1. The molecule has 27 heavy (non-hydrogen) atoms. The molecule has 8 heteroatoms. The molecule has 0 spiro atoms. The molecule has 1 aromatic carbocycles. The average Bonchev–Trinajstić information content (AvgIpc) is 3.05. The number of rotatable bonds is 7. The summed E-state index contributed by atoms with van der Waals surface area (Å²) in [5.74, 6) is -0.648. The van der Waals surface area contributed by atoms with E-state index in [1.54, 1.807) is 18.2 Å². The second-order valence-electron chi connectivity index (χ2n) is 7.00. The van der Waals surface area contributed by atoms with E-state index in [1.165, 1.54) is 18.0 Å². The zero-order valence-corrected chi connectivity index (χ0v) is 16.1. The number of benzene rings is 1. The highest BCUT2D eigenvalue weighted by Crippen LogP contribution is 2.31. The minimum Gasteiger partial charge on any atom is -0.373 e. The van der Waals surface area contributed by atoms with E-state index in [0.29, 0.717) is 11.3 Å². The Hall–Kier alpha value is -2.61. The quantitative estimate of drug-likeness (QED) is 0.581. The summed E-state index contributed by atoms with van der Waals surface area (Å²) in [4.78, 5) is 23.8. The van der Waals surface area contributed by atoms with Gasteiger partial charge in [-0.15, -0.1) is 0 Å². The van der Waals surface area contributed by atoms with E-state index >= 15 is 0 Å². The van der Waals surface area contributed by atoms with Crippen LogP contribution in [-0.4, -0.2) is 22.2 Å². The predicted molar refractivity (Wildman–Crippen MR) is 108 cm³/mol. The summed E-state index contributed by atoms with van der Waals surface area (Å²) in [6, 6.07) is 6.66. The summed E-state index contributed by atoms with van der Waals surface area (Å²) < 4.78 is 4.23. The number of carbonyl (C=O) groups excluding carboxylic acids is 2. The number of hydrogen-bond acceptors (Lipinski definition) is 6. The van der Waals surface area contributed by atoms with E-state index in [2.05, 4.69) is 15.0 Å². The lowest BCUT2D eigenvalue weighted by Gasteiger charge is -2.29. The molecule has 7 nitrogen and oxygen atoms in total. The zero-order valence-electron chi connectivity index (χ0n) is 15.3. The molecule has 1 aliphatic rings. The molecule has 1 saturated carbocycles. The van der Waals surface area contributed by atoms with Gasteiger partial charge in [-0.25, -0.2) is 0 Å². The van der Waals surface area contributed by atoms with Crippen molar-refractivity contribution in [3.8, 4) is 0 Å². The van der Waals surface area contributed by atoms with Gasteiger partial charge in [0.15, 0.2) is 0 Å². The molecule has 2 amide bonds. The first-order chi connectivity index (χ1) is 12.9. The number of carbonyl (C=O) groups is 2. The minimum absolute atomic E-state index is 0.229. The maximum atomic E-state index is 12.0. The normalized spacial score (nSPS) is 15.9.